The molecule has 0 bridgehead atoms. The second kappa shape index (κ2) is 6.27. The van der Waals surface area contributed by atoms with Gasteiger partial charge in [-0.05, 0) is 29.5 Å². The molecule has 1 aromatic carbocycles. The molecule has 1 heterocycles. The lowest BCUT2D eigenvalue weighted by molar-refractivity contribution is -0.128. The summed E-state index contributed by atoms with van der Waals surface area (Å²) >= 11 is 0. The van der Waals surface area contributed by atoms with Crippen molar-refractivity contribution in [3.05, 3.63) is 29.3 Å². The predicted octanol–water partition coefficient (Wildman–Crippen LogP) is 2.16. The highest BCUT2D eigenvalue weighted by Gasteiger charge is 2.31. The number of amides is 1. The number of carbonyl (C=O) groups excluding carboxylic acids is 1. The molecule has 0 aliphatic carbocycles. The lowest BCUT2D eigenvalue weighted by Gasteiger charge is -2.19. The Kier molecular flexibility index (Phi) is 4.65. The second-order valence-electron chi connectivity index (χ2n) is 5.83. The fourth-order valence-corrected chi connectivity index (χ4v) is 2.71. The average Bonchev–Trinajstić information content (AvgIpc) is 2.80. The fraction of sp³-hybridized carbons (Fsp3) is 0.562. The van der Waals surface area contributed by atoms with Gasteiger partial charge < -0.3 is 15.4 Å². The van der Waals surface area contributed by atoms with E-state index in [1.807, 2.05) is 23.1 Å². The molecule has 1 aliphatic rings. The summed E-state index contributed by atoms with van der Waals surface area (Å²) in [5.74, 6) is 2.10. The molecule has 4 heteroatoms. The Morgan fingerprint density at radius 3 is 2.75 bits per heavy atom. The predicted molar refractivity (Wildman–Crippen MR) is 79.2 cm³/mol. The Morgan fingerprint density at radius 1 is 1.45 bits per heavy atom. The molecule has 1 atom stereocenters. The normalized spacial score (nSPS) is 18.9. The molecule has 110 valence electrons. The van der Waals surface area contributed by atoms with E-state index in [2.05, 4.69) is 13.8 Å². The number of likely N-dealkylation sites (tertiary alicyclic amines) is 1. The highest BCUT2D eigenvalue weighted by molar-refractivity contribution is 5.78. The largest absolute Gasteiger partial charge is 0.496 e. The van der Waals surface area contributed by atoms with E-state index < -0.39 is 0 Å². The van der Waals surface area contributed by atoms with Gasteiger partial charge in [0.15, 0.2) is 0 Å². The third kappa shape index (κ3) is 3.12. The van der Waals surface area contributed by atoms with Crippen LogP contribution in [-0.2, 0) is 17.9 Å². The highest BCUT2D eigenvalue weighted by atomic mass is 16.5. The summed E-state index contributed by atoms with van der Waals surface area (Å²) in [6, 6.07) is 5.97. The summed E-state index contributed by atoms with van der Waals surface area (Å²) in [7, 11) is 1.64. The molecule has 2 rings (SSSR count). The van der Waals surface area contributed by atoms with Crippen LogP contribution in [0.2, 0.25) is 0 Å². The molecule has 4 nitrogen and oxygen atoms in total. The van der Waals surface area contributed by atoms with Gasteiger partial charge in [-0.1, -0.05) is 19.9 Å². The van der Waals surface area contributed by atoms with E-state index in [-0.39, 0.29) is 5.91 Å². The van der Waals surface area contributed by atoms with Crippen molar-refractivity contribution >= 4 is 5.91 Å². The van der Waals surface area contributed by atoms with Gasteiger partial charge in [0.05, 0.1) is 7.11 Å². The first kappa shape index (κ1) is 14.9. The lowest BCUT2D eigenvalue weighted by Crippen LogP contribution is -2.25. The van der Waals surface area contributed by atoms with Crippen LogP contribution in [0.15, 0.2) is 18.2 Å². The molecule has 1 aromatic rings. The van der Waals surface area contributed by atoms with Crippen LogP contribution in [0.4, 0.5) is 0 Å². The van der Waals surface area contributed by atoms with Crippen LogP contribution < -0.4 is 10.5 Å². The molecular formula is C16H24N2O2. The van der Waals surface area contributed by atoms with Gasteiger partial charge in [0, 0.05) is 31.6 Å². The highest BCUT2D eigenvalue weighted by Crippen LogP contribution is 2.27. The average molecular weight is 276 g/mol. The maximum absolute atomic E-state index is 12.0. The summed E-state index contributed by atoms with van der Waals surface area (Å²) in [6.07, 6.45) is 0.678. The van der Waals surface area contributed by atoms with Crippen molar-refractivity contribution in [1.29, 1.82) is 0 Å². The Hall–Kier alpha value is -1.55. The van der Waals surface area contributed by atoms with Crippen molar-refractivity contribution in [2.75, 3.05) is 13.7 Å². The van der Waals surface area contributed by atoms with Crippen molar-refractivity contribution in [3.63, 3.8) is 0 Å². The van der Waals surface area contributed by atoms with Gasteiger partial charge in [-0.3, -0.25) is 4.79 Å². The summed E-state index contributed by atoms with van der Waals surface area (Å²) in [4.78, 5) is 14.0. The molecule has 1 saturated heterocycles. The van der Waals surface area contributed by atoms with Gasteiger partial charge in [-0.2, -0.15) is 0 Å². The molecule has 0 radical (unpaired) electrons. The first-order chi connectivity index (χ1) is 9.55. The molecule has 2 N–H and O–H groups in total. The number of nitrogens with zero attached hydrogens (tertiary/aromatic N) is 1. The molecular weight excluding hydrogens is 252 g/mol. The van der Waals surface area contributed by atoms with E-state index in [0.29, 0.717) is 31.3 Å². The topological polar surface area (TPSA) is 55.6 Å². The minimum atomic E-state index is 0.258. The minimum absolute atomic E-state index is 0.258. The van der Waals surface area contributed by atoms with Crippen molar-refractivity contribution in [2.45, 2.75) is 33.4 Å². The lowest BCUT2D eigenvalue weighted by atomic mass is 9.95. The Balaban J connectivity index is 2.09. The van der Waals surface area contributed by atoms with Gasteiger partial charge in [0.2, 0.25) is 5.91 Å². The Bertz CT molecular complexity index is 485. The molecule has 1 amide bonds. The fourth-order valence-electron chi connectivity index (χ4n) is 2.71. The molecule has 0 spiro atoms. The van der Waals surface area contributed by atoms with Crippen LogP contribution in [0, 0.1) is 11.8 Å². The van der Waals surface area contributed by atoms with Crippen LogP contribution >= 0.6 is 0 Å². The van der Waals surface area contributed by atoms with E-state index in [1.165, 1.54) is 0 Å². The van der Waals surface area contributed by atoms with Gasteiger partial charge in [-0.25, -0.2) is 0 Å². The third-order valence-electron chi connectivity index (χ3n) is 4.13. The van der Waals surface area contributed by atoms with Gasteiger partial charge in [0.1, 0.15) is 5.75 Å². The number of nitrogens with two attached hydrogens (primary N) is 1. The van der Waals surface area contributed by atoms with Crippen LogP contribution in [-0.4, -0.2) is 24.5 Å². The van der Waals surface area contributed by atoms with Gasteiger partial charge in [0.25, 0.3) is 0 Å². The van der Waals surface area contributed by atoms with Crippen LogP contribution in [0.5, 0.6) is 5.75 Å². The zero-order valence-corrected chi connectivity index (χ0v) is 12.6. The van der Waals surface area contributed by atoms with E-state index in [9.17, 15) is 4.79 Å². The number of benzene rings is 1. The van der Waals surface area contributed by atoms with Crippen molar-refractivity contribution < 1.29 is 9.53 Å². The summed E-state index contributed by atoms with van der Waals surface area (Å²) in [6.45, 7) is 6.34. The number of methoxy groups -OCH3 is 1. The quantitative estimate of drug-likeness (QED) is 0.896. The number of rotatable bonds is 5. The maximum Gasteiger partial charge on any atom is 0.223 e. The third-order valence-corrected chi connectivity index (χ3v) is 4.13. The number of hydrogen-bond acceptors (Lipinski definition) is 3. The molecule has 1 aliphatic heterocycles. The number of hydrogen-bond donors (Lipinski definition) is 1. The van der Waals surface area contributed by atoms with Crippen LogP contribution in [0.3, 0.4) is 0 Å². The monoisotopic (exact) mass is 276 g/mol. The van der Waals surface area contributed by atoms with E-state index in [1.54, 1.807) is 7.11 Å². The van der Waals surface area contributed by atoms with Crippen molar-refractivity contribution in [2.24, 2.45) is 17.6 Å². The maximum atomic E-state index is 12.0. The summed E-state index contributed by atoms with van der Waals surface area (Å²) < 4.78 is 5.27. The number of carbonyl (C=O) groups is 1. The van der Waals surface area contributed by atoms with Gasteiger partial charge >= 0.3 is 0 Å². The smallest absolute Gasteiger partial charge is 0.223 e. The molecule has 0 aromatic heterocycles. The van der Waals surface area contributed by atoms with E-state index >= 15 is 0 Å². The standard InChI is InChI=1S/C16H24N2O2/c1-11(2)14-7-16(19)18(10-14)9-12-4-5-15(20-3)13(6-12)8-17/h4-6,11,14H,7-10,17H2,1-3H3. The van der Waals surface area contributed by atoms with E-state index in [4.69, 9.17) is 10.5 Å². The Morgan fingerprint density at radius 2 is 2.20 bits per heavy atom. The second-order valence-corrected chi connectivity index (χ2v) is 5.83. The Labute approximate surface area is 120 Å². The number of ether oxygens (including phenoxy) is 1. The van der Waals surface area contributed by atoms with Crippen LogP contribution in [0.1, 0.15) is 31.4 Å². The molecule has 0 saturated carbocycles. The van der Waals surface area contributed by atoms with Crippen molar-refractivity contribution in [3.8, 4) is 5.75 Å². The molecule has 20 heavy (non-hydrogen) atoms. The zero-order chi connectivity index (χ0) is 14.7. The molecule has 1 fully saturated rings. The summed E-state index contributed by atoms with van der Waals surface area (Å²) in [5.41, 5.74) is 7.83. The van der Waals surface area contributed by atoms with Crippen molar-refractivity contribution in [1.82, 2.24) is 4.90 Å². The van der Waals surface area contributed by atoms with Crippen LogP contribution in [0.25, 0.3) is 0 Å². The summed E-state index contributed by atoms with van der Waals surface area (Å²) in [5, 5.41) is 0. The minimum Gasteiger partial charge on any atom is -0.496 e. The first-order valence-corrected chi connectivity index (χ1v) is 7.18. The first-order valence-electron chi connectivity index (χ1n) is 7.18. The zero-order valence-electron chi connectivity index (χ0n) is 12.6. The van der Waals surface area contributed by atoms with Gasteiger partial charge in [-0.15, -0.1) is 0 Å². The SMILES string of the molecule is COc1ccc(CN2CC(C(C)C)CC2=O)cc1CN. The molecule has 1 unspecified atom stereocenters. The van der Waals surface area contributed by atoms with E-state index in [0.717, 1.165) is 23.4 Å².